The zero-order valence-electron chi connectivity index (χ0n) is 9.91. The van der Waals surface area contributed by atoms with Gasteiger partial charge in [-0.25, -0.2) is 4.79 Å². The maximum atomic E-state index is 11.8. The van der Waals surface area contributed by atoms with E-state index in [9.17, 15) is 9.59 Å². The molecule has 0 radical (unpaired) electrons. The third-order valence-electron chi connectivity index (χ3n) is 2.64. The fourth-order valence-corrected chi connectivity index (χ4v) is 1.62. The van der Waals surface area contributed by atoms with Crippen molar-refractivity contribution in [2.75, 3.05) is 6.61 Å². The molecule has 6 nitrogen and oxygen atoms in total. The number of hydrogen-bond donors (Lipinski definition) is 3. The zero-order chi connectivity index (χ0) is 13.8. The number of amides is 1. The average molecular weight is 260 g/mol. The second-order valence-electron chi connectivity index (χ2n) is 3.96. The molecular weight excluding hydrogens is 248 g/mol. The monoisotopic (exact) mass is 260 g/mol. The molecule has 0 saturated carbocycles. The van der Waals surface area contributed by atoms with E-state index < -0.39 is 24.5 Å². The number of benzene rings is 1. The van der Waals surface area contributed by atoms with Crippen LogP contribution in [0, 0.1) is 0 Å². The zero-order valence-corrected chi connectivity index (χ0v) is 9.91. The molecule has 1 heterocycles. The molecule has 0 aliphatic carbocycles. The van der Waals surface area contributed by atoms with Crippen molar-refractivity contribution in [3.05, 3.63) is 42.1 Å². The number of carbonyl (C=O) groups excluding carboxylic acids is 1. The van der Waals surface area contributed by atoms with Crippen LogP contribution in [-0.2, 0) is 4.79 Å². The van der Waals surface area contributed by atoms with E-state index in [0.29, 0.717) is 0 Å². The van der Waals surface area contributed by atoms with Gasteiger partial charge in [0.05, 0.1) is 17.7 Å². The summed E-state index contributed by atoms with van der Waals surface area (Å²) in [5.74, 6) is -1.87. The Morgan fingerprint density at radius 2 is 2.05 bits per heavy atom. The Balaban J connectivity index is 2.24. The molecule has 2 rings (SSSR count). The van der Waals surface area contributed by atoms with Gasteiger partial charge in [0.25, 0.3) is 5.91 Å². The number of aliphatic hydroxyl groups is 1. The fraction of sp³-hybridized carbons (Fsp3) is 0.154. The Kier molecular flexibility index (Phi) is 3.72. The van der Waals surface area contributed by atoms with Gasteiger partial charge in [-0.1, -0.05) is 18.2 Å². The summed E-state index contributed by atoms with van der Waals surface area (Å²) in [7, 11) is 0. The molecule has 0 saturated heterocycles. The standard InChI is InChI=1S/C13H12N2O4/c16-7-11(13(18)19)15-12(17)9-5-8-3-1-2-4-10(8)14-6-9/h1-6,11,16H,7H2,(H,15,17)(H,18,19). The summed E-state index contributed by atoms with van der Waals surface area (Å²) in [6.07, 6.45) is 1.37. The number of nitrogens with zero attached hydrogens (tertiary/aromatic N) is 1. The van der Waals surface area contributed by atoms with Crippen molar-refractivity contribution in [2.45, 2.75) is 6.04 Å². The van der Waals surface area contributed by atoms with Gasteiger partial charge in [0.2, 0.25) is 0 Å². The molecule has 0 aliphatic heterocycles. The number of pyridine rings is 1. The molecule has 19 heavy (non-hydrogen) atoms. The molecule has 1 unspecified atom stereocenters. The smallest absolute Gasteiger partial charge is 0.328 e. The normalized spacial score (nSPS) is 12.1. The minimum Gasteiger partial charge on any atom is -0.480 e. The van der Waals surface area contributed by atoms with Crippen LogP contribution >= 0.6 is 0 Å². The van der Waals surface area contributed by atoms with Crippen LogP contribution < -0.4 is 5.32 Å². The van der Waals surface area contributed by atoms with Crippen LogP contribution in [0.3, 0.4) is 0 Å². The minimum atomic E-state index is -1.32. The fourth-order valence-electron chi connectivity index (χ4n) is 1.62. The van der Waals surface area contributed by atoms with Gasteiger partial charge >= 0.3 is 5.97 Å². The first-order chi connectivity index (χ1) is 9.11. The van der Waals surface area contributed by atoms with E-state index in [1.807, 2.05) is 18.2 Å². The van der Waals surface area contributed by atoms with Crippen LogP contribution in [0.2, 0.25) is 0 Å². The Bertz CT molecular complexity index is 627. The Morgan fingerprint density at radius 1 is 1.32 bits per heavy atom. The predicted octanol–water partition coefficient (Wildman–Crippen LogP) is 0.410. The number of aliphatic carboxylic acids is 1. The number of carboxylic acids is 1. The quantitative estimate of drug-likeness (QED) is 0.739. The lowest BCUT2D eigenvalue weighted by Crippen LogP contribution is -2.43. The van der Waals surface area contributed by atoms with Gasteiger partial charge < -0.3 is 15.5 Å². The lowest BCUT2D eigenvalue weighted by Gasteiger charge is -2.11. The molecule has 1 atom stereocenters. The molecule has 1 aromatic carbocycles. The number of hydrogen-bond acceptors (Lipinski definition) is 4. The molecule has 1 aromatic heterocycles. The molecule has 6 heteroatoms. The van der Waals surface area contributed by atoms with Crippen molar-refractivity contribution in [3.8, 4) is 0 Å². The molecule has 0 spiro atoms. The van der Waals surface area contributed by atoms with Crippen LogP contribution in [0.1, 0.15) is 10.4 Å². The number of para-hydroxylation sites is 1. The van der Waals surface area contributed by atoms with E-state index in [2.05, 4.69) is 10.3 Å². The highest BCUT2D eigenvalue weighted by molar-refractivity contribution is 5.99. The van der Waals surface area contributed by atoms with E-state index in [1.54, 1.807) is 12.1 Å². The number of rotatable bonds is 4. The van der Waals surface area contributed by atoms with E-state index >= 15 is 0 Å². The highest BCUT2D eigenvalue weighted by Crippen LogP contribution is 2.12. The SMILES string of the molecule is O=C(NC(CO)C(=O)O)c1cnc2ccccc2c1. The van der Waals surface area contributed by atoms with Gasteiger partial charge in [0.15, 0.2) is 6.04 Å². The molecule has 2 aromatic rings. The van der Waals surface area contributed by atoms with Crippen molar-refractivity contribution in [3.63, 3.8) is 0 Å². The summed E-state index contributed by atoms with van der Waals surface area (Å²) in [6.45, 7) is -0.665. The topological polar surface area (TPSA) is 99.5 Å². The van der Waals surface area contributed by atoms with Gasteiger partial charge in [0, 0.05) is 11.6 Å². The summed E-state index contributed by atoms with van der Waals surface area (Å²) in [5.41, 5.74) is 0.995. The summed E-state index contributed by atoms with van der Waals surface area (Å²) in [4.78, 5) is 26.7. The first kappa shape index (κ1) is 13.0. The van der Waals surface area contributed by atoms with Gasteiger partial charge in [-0.05, 0) is 12.1 Å². The number of carbonyl (C=O) groups is 2. The van der Waals surface area contributed by atoms with Crippen LogP contribution in [0.5, 0.6) is 0 Å². The van der Waals surface area contributed by atoms with E-state index in [4.69, 9.17) is 10.2 Å². The van der Waals surface area contributed by atoms with Crippen molar-refractivity contribution in [2.24, 2.45) is 0 Å². The van der Waals surface area contributed by atoms with Crippen LogP contribution in [0.4, 0.5) is 0 Å². The Hall–Kier alpha value is -2.47. The van der Waals surface area contributed by atoms with Gasteiger partial charge in [-0.3, -0.25) is 9.78 Å². The van der Waals surface area contributed by atoms with Crippen molar-refractivity contribution >= 4 is 22.8 Å². The summed E-state index contributed by atoms with van der Waals surface area (Å²) < 4.78 is 0. The lowest BCUT2D eigenvalue weighted by molar-refractivity contribution is -0.140. The second-order valence-corrected chi connectivity index (χ2v) is 3.96. The maximum Gasteiger partial charge on any atom is 0.328 e. The number of nitrogens with one attached hydrogen (secondary N) is 1. The van der Waals surface area contributed by atoms with Gasteiger partial charge in [-0.2, -0.15) is 0 Å². The number of aromatic nitrogens is 1. The molecule has 0 aliphatic rings. The summed E-state index contributed by atoms with van der Waals surface area (Å²) >= 11 is 0. The molecule has 1 amide bonds. The highest BCUT2D eigenvalue weighted by atomic mass is 16.4. The van der Waals surface area contributed by atoms with Crippen LogP contribution in [0.15, 0.2) is 36.5 Å². The molecule has 0 bridgehead atoms. The number of fused-ring (bicyclic) bond motifs is 1. The largest absolute Gasteiger partial charge is 0.480 e. The lowest BCUT2D eigenvalue weighted by atomic mass is 10.1. The van der Waals surface area contributed by atoms with Crippen molar-refractivity contribution in [1.82, 2.24) is 10.3 Å². The number of aliphatic hydroxyl groups excluding tert-OH is 1. The second kappa shape index (κ2) is 5.45. The minimum absolute atomic E-state index is 0.249. The van der Waals surface area contributed by atoms with Gasteiger partial charge in [0.1, 0.15) is 0 Å². The van der Waals surface area contributed by atoms with E-state index in [1.165, 1.54) is 6.20 Å². The summed E-state index contributed by atoms with van der Waals surface area (Å²) in [6, 6.07) is 7.57. The first-order valence-corrected chi connectivity index (χ1v) is 5.61. The highest BCUT2D eigenvalue weighted by Gasteiger charge is 2.19. The third kappa shape index (κ3) is 2.86. The molecule has 98 valence electrons. The maximum absolute atomic E-state index is 11.8. The Morgan fingerprint density at radius 3 is 2.74 bits per heavy atom. The van der Waals surface area contributed by atoms with E-state index in [-0.39, 0.29) is 5.56 Å². The molecular formula is C13H12N2O4. The van der Waals surface area contributed by atoms with Crippen LogP contribution in [0.25, 0.3) is 10.9 Å². The summed E-state index contributed by atoms with van der Waals surface area (Å²) in [5, 5.41) is 20.6. The molecule has 3 N–H and O–H groups in total. The van der Waals surface area contributed by atoms with Gasteiger partial charge in [-0.15, -0.1) is 0 Å². The molecule has 0 fully saturated rings. The Labute approximate surface area is 108 Å². The van der Waals surface area contributed by atoms with Crippen molar-refractivity contribution in [1.29, 1.82) is 0 Å². The van der Waals surface area contributed by atoms with E-state index in [0.717, 1.165) is 10.9 Å². The number of carboxylic acid groups (broad SMARTS) is 1. The van der Waals surface area contributed by atoms with Crippen molar-refractivity contribution < 1.29 is 19.8 Å². The third-order valence-corrected chi connectivity index (χ3v) is 2.64. The van der Waals surface area contributed by atoms with Crippen LogP contribution in [-0.4, -0.2) is 39.7 Å². The predicted molar refractivity (Wildman–Crippen MR) is 67.7 cm³/mol. The average Bonchev–Trinajstić information content (AvgIpc) is 2.43. The first-order valence-electron chi connectivity index (χ1n) is 5.61.